The minimum Gasteiger partial charge on any atom is -0.444 e. The van der Waals surface area contributed by atoms with Crippen LogP contribution in [0.5, 0.6) is 0 Å². The lowest BCUT2D eigenvalue weighted by atomic mass is 9.95. The summed E-state index contributed by atoms with van der Waals surface area (Å²) in [4.78, 5) is 36.1. The third-order valence-electron chi connectivity index (χ3n) is 4.88. The molecule has 1 saturated carbocycles. The highest BCUT2D eigenvalue weighted by molar-refractivity contribution is 6.30. The average Bonchev–Trinajstić information content (AvgIpc) is 2.73. The van der Waals surface area contributed by atoms with Crippen LogP contribution < -0.4 is 5.32 Å². The van der Waals surface area contributed by atoms with E-state index in [2.05, 4.69) is 5.32 Å². The van der Waals surface area contributed by atoms with E-state index >= 15 is 0 Å². The molecule has 1 fully saturated rings. The molecule has 0 radical (unpaired) electrons. The Morgan fingerprint density at radius 2 is 1.79 bits per heavy atom. The lowest BCUT2D eigenvalue weighted by molar-refractivity contribution is -0.385. The minimum atomic E-state index is -1.29. The molecule has 0 heterocycles. The molecule has 1 atom stereocenters. The van der Waals surface area contributed by atoms with Crippen molar-refractivity contribution in [2.75, 3.05) is 0 Å². The topological polar surface area (TPSA) is 98.5 Å². The number of nitro benzene ring substituents is 1. The quantitative estimate of drug-likeness (QED) is 0.421. The third-order valence-corrected chi connectivity index (χ3v) is 5.13. The predicted octanol–water partition coefficient (Wildman–Crippen LogP) is 4.60. The summed E-state index contributed by atoms with van der Waals surface area (Å²) in [7, 11) is 0. The molecular weight excluding hydrogens is 396 g/mol. The van der Waals surface area contributed by atoms with Gasteiger partial charge in [-0.3, -0.25) is 14.9 Å². The normalized spacial score (nSPS) is 15.3. The van der Waals surface area contributed by atoms with Gasteiger partial charge in [0.25, 0.3) is 11.6 Å². The molecule has 2 aromatic rings. The van der Waals surface area contributed by atoms with Crippen molar-refractivity contribution in [2.45, 2.75) is 44.2 Å². The van der Waals surface area contributed by atoms with Crippen LogP contribution in [0.3, 0.4) is 0 Å². The first-order valence-corrected chi connectivity index (χ1v) is 9.83. The molecule has 1 unspecified atom stereocenters. The number of ether oxygens (including phenoxy) is 1. The molecule has 0 bridgehead atoms. The summed E-state index contributed by atoms with van der Waals surface area (Å²) in [6.07, 6.45) is 3.61. The van der Waals surface area contributed by atoms with Gasteiger partial charge in [-0.25, -0.2) is 4.79 Å². The standard InChI is InChI=1S/C21H21ClN2O5/c22-16-11-9-14(10-12-16)21(26)29-19(15-5-4-8-18(13-15)24(27)28)20(25)23-17-6-2-1-3-7-17/h4-5,8-13,17,19H,1-3,6-7H2,(H,23,25). The number of amides is 1. The van der Waals surface area contributed by atoms with Gasteiger partial charge in [-0.2, -0.15) is 0 Å². The van der Waals surface area contributed by atoms with Crippen molar-refractivity contribution in [3.8, 4) is 0 Å². The van der Waals surface area contributed by atoms with E-state index in [4.69, 9.17) is 16.3 Å². The number of hydrogen-bond donors (Lipinski definition) is 1. The maximum atomic E-state index is 12.9. The van der Waals surface area contributed by atoms with Gasteiger partial charge in [0.15, 0.2) is 0 Å². The van der Waals surface area contributed by atoms with Crippen molar-refractivity contribution in [1.29, 1.82) is 0 Å². The third kappa shape index (κ3) is 5.54. The average molecular weight is 417 g/mol. The molecule has 0 saturated heterocycles. The van der Waals surface area contributed by atoms with E-state index in [1.54, 1.807) is 12.1 Å². The predicted molar refractivity (Wildman–Crippen MR) is 108 cm³/mol. The molecule has 0 aromatic heterocycles. The van der Waals surface area contributed by atoms with Gasteiger partial charge in [0.2, 0.25) is 6.10 Å². The van der Waals surface area contributed by atoms with E-state index in [1.165, 1.54) is 36.4 Å². The first-order valence-electron chi connectivity index (χ1n) is 9.45. The molecule has 7 nitrogen and oxygen atoms in total. The second-order valence-electron chi connectivity index (χ2n) is 6.99. The maximum absolute atomic E-state index is 12.9. The van der Waals surface area contributed by atoms with Crippen LogP contribution in [0.1, 0.15) is 54.1 Å². The Kier molecular flexibility index (Phi) is 6.82. The first-order chi connectivity index (χ1) is 13.9. The number of nitro groups is 1. The molecule has 1 aliphatic rings. The van der Waals surface area contributed by atoms with Crippen molar-refractivity contribution in [3.63, 3.8) is 0 Å². The molecule has 152 valence electrons. The van der Waals surface area contributed by atoms with Gasteiger partial charge in [-0.15, -0.1) is 0 Å². The number of rotatable bonds is 6. The van der Waals surface area contributed by atoms with Crippen LogP contribution in [-0.2, 0) is 9.53 Å². The van der Waals surface area contributed by atoms with Crippen LogP contribution in [0.25, 0.3) is 0 Å². The van der Waals surface area contributed by atoms with Gasteiger partial charge in [0.1, 0.15) is 0 Å². The first kappa shape index (κ1) is 20.8. The van der Waals surface area contributed by atoms with E-state index in [0.29, 0.717) is 5.02 Å². The Morgan fingerprint density at radius 3 is 2.45 bits per heavy atom. The second-order valence-corrected chi connectivity index (χ2v) is 7.42. The smallest absolute Gasteiger partial charge is 0.339 e. The number of nitrogens with zero attached hydrogens (tertiary/aromatic N) is 1. The van der Waals surface area contributed by atoms with Crippen LogP contribution in [-0.4, -0.2) is 22.8 Å². The highest BCUT2D eigenvalue weighted by Crippen LogP contribution is 2.25. The second kappa shape index (κ2) is 9.52. The summed E-state index contributed by atoms with van der Waals surface area (Å²) in [5.41, 5.74) is 0.297. The van der Waals surface area contributed by atoms with Crippen LogP contribution in [0, 0.1) is 10.1 Å². The van der Waals surface area contributed by atoms with Crippen LogP contribution in [0.15, 0.2) is 48.5 Å². The minimum absolute atomic E-state index is 0.00619. The zero-order chi connectivity index (χ0) is 20.8. The summed E-state index contributed by atoms with van der Waals surface area (Å²) >= 11 is 5.84. The highest BCUT2D eigenvalue weighted by atomic mass is 35.5. The summed E-state index contributed by atoms with van der Waals surface area (Å²) in [5.74, 6) is -1.20. The van der Waals surface area contributed by atoms with Gasteiger partial charge < -0.3 is 10.1 Å². The monoisotopic (exact) mass is 416 g/mol. The molecule has 1 N–H and O–H groups in total. The fourth-order valence-electron chi connectivity index (χ4n) is 3.36. The molecule has 1 amide bonds. The molecule has 29 heavy (non-hydrogen) atoms. The SMILES string of the molecule is O=C(OC(C(=O)NC1CCCCC1)c1cccc([N+](=O)[O-])c1)c1ccc(Cl)cc1. The summed E-state index contributed by atoms with van der Waals surface area (Å²) < 4.78 is 5.48. The maximum Gasteiger partial charge on any atom is 0.339 e. The van der Waals surface area contributed by atoms with Gasteiger partial charge in [0.05, 0.1) is 10.5 Å². The van der Waals surface area contributed by atoms with Crippen LogP contribution in [0.2, 0.25) is 5.02 Å². The van der Waals surface area contributed by atoms with E-state index in [-0.39, 0.29) is 22.9 Å². The fraction of sp³-hybridized carbons (Fsp3) is 0.333. The number of carbonyl (C=O) groups excluding carboxylic acids is 2. The zero-order valence-corrected chi connectivity index (χ0v) is 16.4. The van der Waals surface area contributed by atoms with E-state index < -0.39 is 22.9 Å². The summed E-state index contributed by atoms with van der Waals surface area (Å²) in [6.45, 7) is 0. The lowest BCUT2D eigenvalue weighted by Crippen LogP contribution is -2.40. The molecule has 1 aliphatic carbocycles. The highest BCUT2D eigenvalue weighted by Gasteiger charge is 2.29. The number of benzene rings is 2. The van der Waals surface area contributed by atoms with Crippen LogP contribution in [0.4, 0.5) is 5.69 Å². The Hall–Kier alpha value is -2.93. The fourth-order valence-corrected chi connectivity index (χ4v) is 3.49. The largest absolute Gasteiger partial charge is 0.444 e. The van der Waals surface area contributed by atoms with Crippen molar-refractivity contribution in [2.24, 2.45) is 0 Å². The molecule has 8 heteroatoms. The van der Waals surface area contributed by atoms with Crippen molar-refractivity contribution in [1.82, 2.24) is 5.32 Å². The number of esters is 1. The molecule has 3 rings (SSSR count). The van der Waals surface area contributed by atoms with Gasteiger partial charge in [-0.05, 0) is 37.1 Å². The van der Waals surface area contributed by atoms with Gasteiger partial charge in [-0.1, -0.05) is 43.0 Å². The Bertz CT molecular complexity index is 894. The number of hydrogen-bond acceptors (Lipinski definition) is 5. The Morgan fingerprint density at radius 1 is 1.10 bits per heavy atom. The number of carbonyl (C=O) groups is 2. The van der Waals surface area contributed by atoms with Crippen molar-refractivity contribution >= 4 is 29.2 Å². The van der Waals surface area contributed by atoms with Gasteiger partial charge >= 0.3 is 5.97 Å². The van der Waals surface area contributed by atoms with Crippen molar-refractivity contribution < 1.29 is 19.2 Å². The van der Waals surface area contributed by atoms with E-state index in [0.717, 1.165) is 32.1 Å². The molecule has 0 spiro atoms. The Balaban J connectivity index is 1.84. The molecular formula is C21H21ClN2O5. The number of nitrogens with one attached hydrogen (secondary N) is 1. The van der Waals surface area contributed by atoms with Crippen molar-refractivity contribution in [3.05, 3.63) is 74.8 Å². The van der Waals surface area contributed by atoms with Gasteiger partial charge in [0, 0.05) is 28.8 Å². The summed E-state index contributed by atoms with van der Waals surface area (Å²) in [5, 5.41) is 14.5. The molecule has 0 aliphatic heterocycles. The Labute approximate surface area is 173 Å². The van der Waals surface area contributed by atoms with Crippen LogP contribution >= 0.6 is 11.6 Å². The lowest BCUT2D eigenvalue weighted by Gasteiger charge is -2.25. The van der Waals surface area contributed by atoms with E-state index in [9.17, 15) is 19.7 Å². The number of halogens is 1. The van der Waals surface area contributed by atoms with E-state index in [1.807, 2.05) is 0 Å². The molecule has 2 aromatic carbocycles. The summed E-state index contributed by atoms with van der Waals surface area (Å²) in [6, 6.07) is 11.7. The zero-order valence-electron chi connectivity index (χ0n) is 15.7. The number of non-ortho nitro benzene ring substituents is 1.